The number of nitrogens with zero attached hydrogens (tertiary/aromatic N) is 1. The highest BCUT2D eigenvalue weighted by atomic mass is 79.9. The van der Waals surface area contributed by atoms with Crippen molar-refractivity contribution < 1.29 is 0 Å². The third-order valence-corrected chi connectivity index (χ3v) is 9.00. The molecule has 2 heteroatoms. The summed E-state index contributed by atoms with van der Waals surface area (Å²) < 4.78 is -0.151. The number of halogens is 1. The number of hydrogen-bond acceptors (Lipinski definition) is 1. The Kier molecular flexibility index (Phi) is 8.37. The summed E-state index contributed by atoms with van der Waals surface area (Å²) in [6.07, 6.45) is 11.2. The first-order valence-corrected chi connectivity index (χ1v) is 14.4. The summed E-state index contributed by atoms with van der Waals surface area (Å²) in [4.78, 5) is 2.37. The van der Waals surface area contributed by atoms with E-state index < -0.39 is 0 Å². The first kappa shape index (κ1) is 28.6. The van der Waals surface area contributed by atoms with Crippen LogP contribution in [0.4, 0.5) is 11.4 Å². The minimum atomic E-state index is -0.151. The summed E-state index contributed by atoms with van der Waals surface area (Å²) in [6, 6.07) is 24.5. The standard InChI is InChI=1S/C37H40BrN/c1-9-11-14-28(10-2)29-17-19-30(20-18-29)39(27(5)23-24-37(8,38)26(3)4)31-21-22-33-32-15-12-13-16-34(32)36(6,7)35(33)25-31/h9-23,25H,2-3,24H2,1,4-8H3. The molecule has 0 heterocycles. The first-order valence-electron chi connectivity index (χ1n) is 13.6. The molecule has 0 fully saturated rings. The van der Waals surface area contributed by atoms with E-state index in [0.29, 0.717) is 0 Å². The van der Waals surface area contributed by atoms with Gasteiger partial charge in [-0.25, -0.2) is 0 Å². The Balaban J connectivity index is 1.82. The molecule has 0 amide bonds. The molecule has 3 aromatic carbocycles. The van der Waals surface area contributed by atoms with Crippen molar-refractivity contribution in [1.82, 2.24) is 0 Å². The van der Waals surface area contributed by atoms with Crippen molar-refractivity contribution in [1.29, 1.82) is 0 Å². The molecule has 0 N–H and O–H groups in total. The molecule has 3 aromatic rings. The Bertz CT molecular complexity index is 1480. The number of rotatable bonds is 9. The lowest BCUT2D eigenvalue weighted by Crippen LogP contribution is -2.20. The van der Waals surface area contributed by atoms with Gasteiger partial charge in [-0.3, -0.25) is 0 Å². The molecule has 200 valence electrons. The van der Waals surface area contributed by atoms with Gasteiger partial charge in [-0.05, 0) is 91.8 Å². The van der Waals surface area contributed by atoms with Gasteiger partial charge in [0.2, 0.25) is 0 Å². The largest absolute Gasteiger partial charge is 0.315 e. The van der Waals surface area contributed by atoms with Crippen LogP contribution in [0.5, 0.6) is 0 Å². The fourth-order valence-electron chi connectivity index (χ4n) is 5.28. The van der Waals surface area contributed by atoms with Crippen molar-refractivity contribution in [2.45, 2.75) is 57.7 Å². The van der Waals surface area contributed by atoms with E-state index in [1.54, 1.807) is 0 Å². The maximum absolute atomic E-state index is 4.19. The second-order valence-corrected chi connectivity index (χ2v) is 12.9. The van der Waals surface area contributed by atoms with Crippen LogP contribution in [0.15, 0.2) is 122 Å². The van der Waals surface area contributed by atoms with Crippen LogP contribution in [-0.4, -0.2) is 4.32 Å². The SMILES string of the molecule is C=CC(=CC=CC)c1ccc(N(C(C)=CCC(C)(Br)C(=C)C)c2ccc3c(c2)C(C)(C)c2ccccc2-3)cc1. The first-order chi connectivity index (χ1) is 18.5. The summed E-state index contributed by atoms with van der Waals surface area (Å²) in [5.41, 5.74) is 12.2. The molecule has 0 aromatic heterocycles. The van der Waals surface area contributed by atoms with E-state index in [1.165, 1.54) is 28.0 Å². The Labute approximate surface area is 244 Å². The highest BCUT2D eigenvalue weighted by Crippen LogP contribution is 2.50. The van der Waals surface area contributed by atoms with Crippen LogP contribution in [0.3, 0.4) is 0 Å². The average molecular weight is 579 g/mol. The van der Waals surface area contributed by atoms with E-state index in [2.05, 4.69) is 147 Å². The molecule has 0 saturated carbocycles. The van der Waals surface area contributed by atoms with Gasteiger partial charge in [0.1, 0.15) is 0 Å². The minimum absolute atomic E-state index is 0.0556. The third kappa shape index (κ3) is 5.68. The average Bonchev–Trinajstić information content (AvgIpc) is 3.15. The Morgan fingerprint density at radius 3 is 2.23 bits per heavy atom. The number of allylic oxidation sites excluding steroid dienone is 8. The smallest absolute Gasteiger partial charge is 0.0467 e. The van der Waals surface area contributed by atoms with Crippen molar-refractivity contribution in [2.24, 2.45) is 0 Å². The Hall–Kier alpha value is -3.36. The van der Waals surface area contributed by atoms with Gasteiger partial charge in [0.05, 0.1) is 0 Å². The lowest BCUT2D eigenvalue weighted by Gasteiger charge is -2.30. The van der Waals surface area contributed by atoms with Gasteiger partial charge in [-0.15, -0.1) is 0 Å². The van der Waals surface area contributed by atoms with Crippen LogP contribution in [0.25, 0.3) is 16.7 Å². The number of hydrogen-bond donors (Lipinski definition) is 0. The monoisotopic (exact) mass is 577 g/mol. The lowest BCUT2D eigenvalue weighted by atomic mass is 9.82. The number of alkyl halides is 1. The molecule has 1 nitrogen and oxygen atoms in total. The van der Waals surface area contributed by atoms with Gasteiger partial charge < -0.3 is 4.90 Å². The van der Waals surface area contributed by atoms with E-state index >= 15 is 0 Å². The molecular weight excluding hydrogens is 538 g/mol. The molecular formula is C37H40BrN. The van der Waals surface area contributed by atoms with Crippen molar-refractivity contribution in [3.63, 3.8) is 0 Å². The fraction of sp³-hybridized carbons (Fsp3) is 0.243. The summed E-state index contributed by atoms with van der Waals surface area (Å²) in [7, 11) is 0. The predicted octanol–water partition coefficient (Wildman–Crippen LogP) is 11.3. The van der Waals surface area contributed by atoms with Crippen molar-refractivity contribution in [3.05, 3.63) is 138 Å². The van der Waals surface area contributed by atoms with Gasteiger partial charge in [-0.2, -0.15) is 0 Å². The second kappa shape index (κ2) is 11.4. The molecule has 0 radical (unpaired) electrons. The molecule has 1 atom stereocenters. The maximum atomic E-state index is 4.19. The molecule has 0 aliphatic heterocycles. The third-order valence-electron chi connectivity index (χ3n) is 8.00. The Morgan fingerprint density at radius 2 is 1.59 bits per heavy atom. The predicted molar refractivity (Wildman–Crippen MR) is 176 cm³/mol. The summed E-state index contributed by atoms with van der Waals surface area (Å²) in [5, 5.41) is 0. The normalized spacial score (nSPS) is 16.0. The van der Waals surface area contributed by atoms with Crippen LogP contribution in [0.1, 0.15) is 64.7 Å². The zero-order chi connectivity index (χ0) is 28.4. The van der Waals surface area contributed by atoms with Crippen molar-refractivity contribution in [2.75, 3.05) is 4.90 Å². The molecule has 1 aliphatic rings. The molecule has 0 spiro atoms. The van der Waals surface area contributed by atoms with E-state index in [1.807, 2.05) is 25.2 Å². The van der Waals surface area contributed by atoms with Crippen LogP contribution in [-0.2, 0) is 5.41 Å². The van der Waals surface area contributed by atoms with Crippen LogP contribution >= 0.6 is 15.9 Å². The van der Waals surface area contributed by atoms with E-state index in [9.17, 15) is 0 Å². The van der Waals surface area contributed by atoms with Crippen LogP contribution < -0.4 is 4.90 Å². The van der Waals surface area contributed by atoms with Crippen LogP contribution in [0, 0.1) is 0 Å². The minimum Gasteiger partial charge on any atom is -0.315 e. The topological polar surface area (TPSA) is 3.24 Å². The maximum Gasteiger partial charge on any atom is 0.0467 e. The fourth-order valence-corrected chi connectivity index (χ4v) is 5.44. The van der Waals surface area contributed by atoms with Crippen molar-refractivity contribution >= 4 is 32.9 Å². The highest BCUT2D eigenvalue weighted by Gasteiger charge is 2.35. The molecule has 1 unspecified atom stereocenters. The van der Waals surface area contributed by atoms with E-state index in [-0.39, 0.29) is 9.74 Å². The van der Waals surface area contributed by atoms with E-state index in [0.717, 1.165) is 34.5 Å². The van der Waals surface area contributed by atoms with Crippen molar-refractivity contribution in [3.8, 4) is 11.1 Å². The van der Waals surface area contributed by atoms with Crippen LogP contribution in [0.2, 0.25) is 0 Å². The second-order valence-electron chi connectivity index (χ2n) is 11.2. The summed E-state index contributed by atoms with van der Waals surface area (Å²) >= 11 is 3.88. The molecule has 1 aliphatic carbocycles. The zero-order valence-electron chi connectivity index (χ0n) is 24.2. The molecule has 4 rings (SSSR count). The van der Waals surface area contributed by atoms with Gasteiger partial charge in [0, 0.05) is 26.8 Å². The van der Waals surface area contributed by atoms with Gasteiger partial charge in [-0.1, -0.05) is 121 Å². The lowest BCUT2D eigenvalue weighted by molar-refractivity contribution is 0.660. The number of anilines is 2. The highest BCUT2D eigenvalue weighted by molar-refractivity contribution is 9.10. The van der Waals surface area contributed by atoms with Gasteiger partial charge in [0.15, 0.2) is 0 Å². The quantitative estimate of drug-likeness (QED) is 0.139. The Morgan fingerprint density at radius 1 is 0.949 bits per heavy atom. The molecule has 0 bridgehead atoms. The van der Waals surface area contributed by atoms with E-state index in [4.69, 9.17) is 0 Å². The number of benzene rings is 3. The molecule has 0 saturated heterocycles. The zero-order valence-corrected chi connectivity index (χ0v) is 25.8. The molecule has 39 heavy (non-hydrogen) atoms. The summed E-state index contributed by atoms with van der Waals surface area (Å²) in [5.74, 6) is 0. The number of fused-ring (bicyclic) bond motifs is 3. The van der Waals surface area contributed by atoms with Gasteiger partial charge in [0.25, 0.3) is 0 Å². The van der Waals surface area contributed by atoms with Gasteiger partial charge >= 0.3 is 0 Å². The summed E-state index contributed by atoms with van der Waals surface area (Å²) in [6.45, 7) is 21.4.